The molecular weight excluding hydrogens is 514 g/mol. The number of aromatic nitrogens is 5. The summed E-state index contributed by atoms with van der Waals surface area (Å²) in [4.78, 5) is 40.8. The fourth-order valence-electron chi connectivity index (χ4n) is 3.70. The van der Waals surface area contributed by atoms with Gasteiger partial charge in [-0.3, -0.25) is 14.3 Å². The van der Waals surface area contributed by atoms with E-state index in [0.29, 0.717) is 33.6 Å². The van der Waals surface area contributed by atoms with Crippen LogP contribution in [0.4, 0.5) is 0 Å². The van der Waals surface area contributed by atoms with E-state index in [4.69, 9.17) is 21.1 Å². The molecule has 5 aromatic rings. The van der Waals surface area contributed by atoms with Crippen molar-refractivity contribution >= 4 is 22.9 Å². The summed E-state index contributed by atoms with van der Waals surface area (Å²) in [5.74, 6) is 0.852. The molecule has 0 bridgehead atoms. The SMILES string of the molecule is COc1ccc(-c2cn(-c3cc(Cl)cc(OCc4ncsc4C)c3)c(=O)n(-c3cccnc3)c2=O)cn1. The number of aryl methyl sites for hydroxylation is 1. The van der Waals surface area contributed by atoms with Gasteiger partial charge < -0.3 is 9.47 Å². The number of methoxy groups -OCH3 is 1. The Balaban J connectivity index is 1.67. The van der Waals surface area contributed by atoms with E-state index in [9.17, 15) is 9.59 Å². The molecule has 0 aliphatic carbocycles. The number of thiazole rings is 1. The number of benzene rings is 1. The average Bonchev–Trinajstić information content (AvgIpc) is 3.32. The molecule has 0 radical (unpaired) electrons. The lowest BCUT2D eigenvalue weighted by Crippen LogP contribution is -2.38. The first-order valence-corrected chi connectivity index (χ1v) is 12.3. The van der Waals surface area contributed by atoms with Gasteiger partial charge in [-0.2, -0.15) is 0 Å². The fourth-order valence-corrected chi connectivity index (χ4v) is 4.51. The summed E-state index contributed by atoms with van der Waals surface area (Å²) in [5.41, 5.74) is 2.98. The predicted octanol–water partition coefficient (Wildman–Crippen LogP) is 4.45. The van der Waals surface area contributed by atoms with E-state index in [1.165, 1.54) is 41.6 Å². The largest absolute Gasteiger partial charge is 0.487 e. The molecule has 0 saturated heterocycles. The van der Waals surface area contributed by atoms with Gasteiger partial charge in [0.15, 0.2) is 0 Å². The highest BCUT2D eigenvalue weighted by molar-refractivity contribution is 7.09. The van der Waals surface area contributed by atoms with E-state index in [0.717, 1.165) is 15.1 Å². The molecule has 1 aromatic carbocycles. The van der Waals surface area contributed by atoms with Crippen LogP contribution in [0.1, 0.15) is 10.6 Å². The molecule has 0 unspecified atom stereocenters. The highest BCUT2D eigenvalue weighted by Crippen LogP contribution is 2.26. The van der Waals surface area contributed by atoms with Crippen LogP contribution in [0.25, 0.3) is 22.5 Å². The van der Waals surface area contributed by atoms with Gasteiger partial charge in [0, 0.05) is 46.2 Å². The van der Waals surface area contributed by atoms with Crippen molar-refractivity contribution in [1.82, 2.24) is 24.1 Å². The molecule has 9 nitrogen and oxygen atoms in total. The van der Waals surface area contributed by atoms with Crippen LogP contribution in [0.2, 0.25) is 5.02 Å². The number of halogens is 1. The third kappa shape index (κ3) is 5.02. The molecule has 0 aliphatic heterocycles. The fraction of sp³-hybridized carbons (Fsp3) is 0.115. The lowest BCUT2D eigenvalue weighted by Gasteiger charge is -2.15. The van der Waals surface area contributed by atoms with E-state index in [1.807, 2.05) is 6.92 Å². The van der Waals surface area contributed by atoms with Crippen LogP contribution in [-0.4, -0.2) is 31.2 Å². The van der Waals surface area contributed by atoms with Crippen LogP contribution < -0.4 is 20.7 Å². The van der Waals surface area contributed by atoms with Crippen molar-refractivity contribution in [3.05, 3.63) is 109 Å². The summed E-state index contributed by atoms with van der Waals surface area (Å²) < 4.78 is 13.5. The molecule has 186 valence electrons. The summed E-state index contributed by atoms with van der Waals surface area (Å²) in [7, 11) is 1.51. The summed E-state index contributed by atoms with van der Waals surface area (Å²) in [6.07, 6.45) is 6.00. The van der Waals surface area contributed by atoms with E-state index in [2.05, 4.69) is 15.0 Å². The molecule has 0 amide bonds. The van der Waals surface area contributed by atoms with Crippen molar-refractivity contribution in [2.24, 2.45) is 0 Å². The van der Waals surface area contributed by atoms with Crippen LogP contribution >= 0.6 is 22.9 Å². The summed E-state index contributed by atoms with van der Waals surface area (Å²) in [6, 6.07) is 11.6. The Hall–Kier alpha value is -4.28. The molecule has 0 atom stereocenters. The van der Waals surface area contributed by atoms with Crippen LogP contribution in [0.15, 0.2) is 82.4 Å². The Kier molecular flexibility index (Phi) is 6.85. The second kappa shape index (κ2) is 10.4. The lowest BCUT2D eigenvalue weighted by atomic mass is 10.1. The minimum atomic E-state index is -0.591. The average molecular weight is 534 g/mol. The smallest absolute Gasteiger partial charge is 0.340 e. The van der Waals surface area contributed by atoms with Gasteiger partial charge in [0.05, 0.1) is 41.4 Å². The molecule has 4 heterocycles. The minimum absolute atomic E-state index is 0.249. The topological polar surface area (TPSA) is 101 Å². The zero-order valence-corrected chi connectivity index (χ0v) is 21.4. The highest BCUT2D eigenvalue weighted by Gasteiger charge is 2.17. The van der Waals surface area contributed by atoms with E-state index >= 15 is 0 Å². The van der Waals surface area contributed by atoms with Crippen LogP contribution in [0, 0.1) is 6.92 Å². The molecule has 11 heteroatoms. The van der Waals surface area contributed by atoms with Gasteiger partial charge in [-0.1, -0.05) is 11.6 Å². The first-order chi connectivity index (χ1) is 17.9. The van der Waals surface area contributed by atoms with Crippen molar-refractivity contribution in [3.8, 4) is 34.1 Å². The van der Waals surface area contributed by atoms with Crippen molar-refractivity contribution in [3.63, 3.8) is 0 Å². The molecule has 0 N–H and O–H groups in total. The molecule has 37 heavy (non-hydrogen) atoms. The maximum atomic E-state index is 13.7. The highest BCUT2D eigenvalue weighted by atomic mass is 35.5. The molecule has 5 rings (SSSR count). The third-order valence-electron chi connectivity index (χ3n) is 5.60. The van der Waals surface area contributed by atoms with Gasteiger partial charge in [-0.15, -0.1) is 11.3 Å². The van der Waals surface area contributed by atoms with E-state index in [1.54, 1.807) is 54.2 Å². The Bertz CT molecular complexity index is 1680. The molecule has 0 fully saturated rings. The van der Waals surface area contributed by atoms with E-state index in [-0.39, 0.29) is 12.2 Å². The summed E-state index contributed by atoms with van der Waals surface area (Å²) >= 11 is 7.95. The normalized spacial score (nSPS) is 10.9. The molecule has 4 aromatic heterocycles. The van der Waals surface area contributed by atoms with Gasteiger partial charge in [-0.25, -0.2) is 19.3 Å². The van der Waals surface area contributed by atoms with Crippen LogP contribution in [0.5, 0.6) is 11.6 Å². The molecule has 0 saturated carbocycles. The first-order valence-electron chi connectivity index (χ1n) is 11.1. The van der Waals surface area contributed by atoms with Gasteiger partial charge in [0.25, 0.3) is 5.56 Å². The van der Waals surface area contributed by atoms with Crippen molar-refractivity contribution in [2.45, 2.75) is 13.5 Å². The van der Waals surface area contributed by atoms with E-state index < -0.39 is 11.2 Å². The standard InChI is InChI=1S/C26H20ClN5O4S/c1-16-23(30-15-37-16)14-36-21-9-18(27)8-20(10-21)31-13-22(17-5-6-24(35-2)29-11-17)25(33)32(26(31)34)19-4-3-7-28-12-19/h3-13,15H,14H2,1-2H3. The molecular formula is C26H20ClN5O4S. The monoisotopic (exact) mass is 533 g/mol. The number of nitrogens with zero attached hydrogens (tertiary/aromatic N) is 5. The van der Waals surface area contributed by atoms with Crippen LogP contribution in [0.3, 0.4) is 0 Å². The summed E-state index contributed by atoms with van der Waals surface area (Å²) in [5, 5.41) is 0.362. The number of pyridine rings is 2. The maximum Gasteiger partial charge on any atom is 0.340 e. The Morgan fingerprint density at radius 2 is 1.92 bits per heavy atom. The summed E-state index contributed by atoms with van der Waals surface area (Å²) in [6.45, 7) is 2.22. The Labute approximate surface area is 220 Å². The predicted molar refractivity (Wildman–Crippen MR) is 141 cm³/mol. The van der Waals surface area contributed by atoms with Gasteiger partial charge in [-0.05, 0) is 37.3 Å². The Morgan fingerprint density at radius 1 is 1.05 bits per heavy atom. The second-order valence-corrected chi connectivity index (χ2v) is 9.42. The van der Waals surface area contributed by atoms with Crippen molar-refractivity contribution < 1.29 is 9.47 Å². The molecule has 0 spiro atoms. The molecule has 0 aliphatic rings. The zero-order chi connectivity index (χ0) is 25.9. The number of rotatable bonds is 7. The van der Waals surface area contributed by atoms with Crippen molar-refractivity contribution in [2.75, 3.05) is 7.11 Å². The van der Waals surface area contributed by atoms with Crippen LogP contribution in [-0.2, 0) is 6.61 Å². The quantitative estimate of drug-likeness (QED) is 0.304. The number of hydrogen-bond acceptors (Lipinski definition) is 8. The van der Waals surface area contributed by atoms with Gasteiger partial charge in [0.1, 0.15) is 12.4 Å². The first kappa shape index (κ1) is 24.4. The second-order valence-electron chi connectivity index (χ2n) is 7.93. The lowest BCUT2D eigenvalue weighted by molar-refractivity contribution is 0.301. The maximum absolute atomic E-state index is 13.7. The zero-order valence-electron chi connectivity index (χ0n) is 19.8. The third-order valence-corrected chi connectivity index (χ3v) is 6.62. The number of ether oxygens (including phenoxy) is 2. The number of hydrogen-bond donors (Lipinski definition) is 0. The Morgan fingerprint density at radius 3 is 2.59 bits per heavy atom. The van der Waals surface area contributed by atoms with Crippen molar-refractivity contribution in [1.29, 1.82) is 0 Å². The van der Waals surface area contributed by atoms with Gasteiger partial charge in [0.2, 0.25) is 5.88 Å². The minimum Gasteiger partial charge on any atom is -0.487 e. The van der Waals surface area contributed by atoms with Gasteiger partial charge >= 0.3 is 5.69 Å².